The van der Waals surface area contributed by atoms with Gasteiger partial charge in [0.15, 0.2) is 17.2 Å². The van der Waals surface area contributed by atoms with E-state index in [1.807, 2.05) is 11.9 Å². The van der Waals surface area contributed by atoms with Gasteiger partial charge in [0.05, 0.1) is 19.0 Å². The molecule has 30 heavy (non-hydrogen) atoms. The molecular weight excluding hydrogens is 407 g/mol. The maximum absolute atomic E-state index is 14.3. The van der Waals surface area contributed by atoms with Crippen LogP contribution in [0.3, 0.4) is 0 Å². The summed E-state index contributed by atoms with van der Waals surface area (Å²) in [6.45, 7) is 2.44. The predicted octanol–water partition coefficient (Wildman–Crippen LogP) is 3.55. The fraction of sp³-hybridized carbons (Fsp3) is 0.190. The molecule has 0 atom stereocenters. The lowest BCUT2D eigenvalue weighted by Gasteiger charge is -2.15. The number of fused-ring (bicyclic) bond motifs is 1. The van der Waals surface area contributed by atoms with Gasteiger partial charge in [-0.15, -0.1) is 5.10 Å². The van der Waals surface area contributed by atoms with Gasteiger partial charge >= 0.3 is 0 Å². The molecule has 0 aliphatic carbocycles. The summed E-state index contributed by atoms with van der Waals surface area (Å²) in [6, 6.07) is 6.88. The van der Waals surface area contributed by atoms with Crippen molar-refractivity contribution in [1.82, 2.24) is 24.5 Å². The molecule has 0 fully saturated rings. The maximum Gasteiger partial charge on any atom is 0.218 e. The molecule has 7 nitrogen and oxygen atoms in total. The third-order valence-corrected chi connectivity index (χ3v) is 4.81. The number of hydrogen-bond donors (Lipinski definition) is 1. The molecule has 0 saturated carbocycles. The van der Waals surface area contributed by atoms with Crippen LogP contribution in [-0.2, 0) is 6.54 Å². The number of anilines is 1. The zero-order chi connectivity index (χ0) is 21.3. The first-order valence-corrected chi connectivity index (χ1v) is 9.48. The van der Waals surface area contributed by atoms with E-state index in [9.17, 15) is 4.39 Å². The van der Waals surface area contributed by atoms with Crippen molar-refractivity contribution in [3.63, 3.8) is 0 Å². The first-order valence-electron chi connectivity index (χ1n) is 9.10. The number of aryl methyl sites for hydroxylation is 1. The van der Waals surface area contributed by atoms with Gasteiger partial charge < -0.3 is 10.2 Å². The molecule has 0 spiro atoms. The molecular formula is C21H18ClFN6O. The van der Waals surface area contributed by atoms with Crippen LogP contribution in [0.2, 0.25) is 5.02 Å². The number of nitrogen functional groups attached to an aromatic ring is 1. The molecule has 0 aliphatic rings. The normalized spacial score (nSPS) is 11.1. The van der Waals surface area contributed by atoms with Crippen LogP contribution in [0.1, 0.15) is 16.8 Å². The summed E-state index contributed by atoms with van der Waals surface area (Å²) < 4.78 is 21.2. The molecule has 2 N–H and O–H groups in total. The number of halogens is 2. The average molecular weight is 425 g/mol. The fourth-order valence-corrected chi connectivity index (χ4v) is 3.14. The van der Waals surface area contributed by atoms with E-state index in [2.05, 4.69) is 26.9 Å². The molecule has 4 rings (SSSR count). The van der Waals surface area contributed by atoms with Crippen LogP contribution in [-0.4, -0.2) is 38.1 Å². The molecule has 3 heterocycles. The quantitative estimate of drug-likeness (QED) is 0.504. The number of furan rings is 1. The molecule has 0 unspecified atom stereocenters. The van der Waals surface area contributed by atoms with Gasteiger partial charge in [-0.25, -0.2) is 18.9 Å². The Morgan fingerprint density at radius 3 is 2.90 bits per heavy atom. The Morgan fingerprint density at radius 1 is 1.30 bits per heavy atom. The van der Waals surface area contributed by atoms with E-state index in [1.54, 1.807) is 43.6 Å². The van der Waals surface area contributed by atoms with E-state index in [4.69, 9.17) is 21.8 Å². The smallest absolute Gasteiger partial charge is 0.218 e. The third-order valence-electron chi connectivity index (χ3n) is 4.46. The minimum atomic E-state index is -0.291. The Bertz CT molecular complexity index is 1270. The van der Waals surface area contributed by atoms with E-state index in [1.165, 1.54) is 4.52 Å². The summed E-state index contributed by atoms with van der Waals surface area (Å²) in [4.78, 5) is 10.5. The summed E-state index contributed by atoms with van der Waals surface area (Å²) in [5.41, 5.74) is 7.89. The van der Waals surface area contributed by atoms with E-state index >= 15 is 0 Å². The summed E-state index contributed by atoms with van der Waals surface area (Å²) in [7, 11) is 1.84. The van der Waals surface area contributed by atoms with Crippen molar-refractivity contribution in [3.8, 4) is 23.4 Å². The molecule has 9 heteroatoms. The van der Waals surface area contributed by atoms with Gasteiger partial charge in [0.25, 0.3) is 0 Å². The minimum absolute atomic E-state index is 0.217. The van der Waals surface area contributed by atoms with Crippen molar-refractivity contribution in [3.05, 3.63) is 64.4 Å². The van der Waals surface area contributed by atoms with Crippen molar-refractivity contribution in [2.75, 3.05) is 19.3 Å². The molecule has 1 aromatic carbocycles. The lowest BCUT2D eigenvalue weighted by Crippen LogP contribution is -2.19. The highest BCUT2D eigenvalue weighted by Crippen LogP contribution is 2.23. The van der Waals surface area contributed by atoms with E-state index in [-0.39, 0.29) is 11.6 Å². The number of nitrogens with zero attached hydrogens (tertiary/aromatic N) is 5. The monoisotopic (exact) mass is 424 g/mol. The third kappa shape index (κ3) is 3.99. The first-order chi connectivity index (χ1) is 14.4. The lowest BCUT2D eigenvalue weighted by atomic mass is 10.1. The Hall–Kier alpha value is -3.41. The number of benzene rings is 1. The van der Waals surface area contributed by atoms with Crippen molar-refractivity contribution < 1.29 is 8.81 Å². The van der Waals surface area contributed by atoms with Crippen LogP contribution in [0.25, 0.3) is 17.2 Å². The highest BCUT2D eigenvalue weighted by atomic mass is 35.5. The van der Waals surface area contributed by atoms with E-state index in [0.717, 1.165) is 0 Å². The molecule has 0 bridgehead atoms. The topological polar surface area (TPSA) is 85.5 Å². The van der Waals surface area contributed by atoms with Crippen molar-refractivity contribution >= 4 is 23.1 Å². The molecule has 0 radical (unpaired) electrons. The zero-order valence-electron chi connectivity index (χ0n) is 16.4. The van der Waals surface area contributed by atoms with Gasteiger partial charge in [-0.1, -0.05) is 23.6 Å². The van der Waals surface area contributed by atoms with Crippen molar-refractivity contribution in [2.45, 2.75) is 13.5 Å². The van der Waals surface area contributed by atoms with Gasteiger partial charge in [0, 0.05) is 17.1 Å². The van der Waals surface area contributed by atoms with Crippen LogP contribution in [0.5, 0.6) is 0 Å². The first kappa shape index (κ1) is 19.9. The summed E-state index contributed by atoms with van der Waals surface area (Å²) in [5, 5.41) is 4.76. The molecule has 152 valence electrons. The van der Waals surface area contributed by atoms with Gasteiger partial charge in [0.1, 0.15) is 11.5 Å². The zero-order valence-corrected chi connectivity index (χ0v) is 17.1. The standard InChI is InChI=1S/C21H18ClFN6O/c1-13-7-8-16(22)15(18(13)23)12-28(2)9-3-5-14-11-29-21(19(24)25-14)26-20(27-29)17-6-4-10-30-17/h4,6-8,10-11H,9,12H2,1-2H3,(H2,24,25). The van der Waals surface area contributed by atoms with E-state index < -0.39 is 0 Å². The van der Waals surface area contributed by atoms with Gasteiger partial charge in [-0.2, -0.15) is 0 Å². The molecule has 4 aromatic rings. The number of nitrogens with two attached hydrogens (primary N) is 1. The largest absolute Gasteiger partial charge is 0.461 e. The summed E-state index contributed by atoms with van der Waals surface area (Å²) in [5.74, 6) is 6.85. The molecule has 3 aromatic heterocycles. The highest BCUT2D eigenvalue weighted by molar-refractivity contribution is 6.31. The van der Waals surface area contributed by atoms with Crippen LogP contribution in [0.15, 0.2) is 41.1 Å². The van der Waals surface area contributed by atoms with Gasteiger partial charge in [0.2, 0.25) is 5.82 Å². The predicted molar refractivity (Wildman–Crippen MR) is 112 cm³/mol. The molecule has 0 saturated heterocycles. The maximum atomic E-state index is 14.3. The van der Waals surface area contributed by atoms with Crippen molar-refractivity contribution in [2.24, 2.45) is 0 Å². The Kier molecular flexibility index (Phi) is 5.40. The van der Waals surface area contributed by atoms with E-state index in [0.29, 0.717) is 52.2 Å². The van der Waals surface area contributed by atoms with Crippen LogP contribution < -0.4 is 5.73 Å². The van der Waals surface area contributed by atoms with Crippen LogP contribution in [0, 0.1) is 24.6 Å². The number of rotatable bonds is 4. The average Bonchev–Trinajstić information content (AvgIpc) is 3.38. The number of aromatic nitrogens is 4. The Balaban J connectivity index is 1.51. The Morgan fingerprint density at radius 2 is 2.13 bits per heavy atom. The van der Waals surface area contributed by atoms with Crippen LogP contribution >= 0.6 is 11.6 Å². The SMILES string of the molecule is Cc1ccc(Cl)c(CN(C)CC#Cc2cn3nc(-c4ccco4)nc3c(N)n2)c1F. The van der Waals surface area contributed by atoms with Gasteiger partial charge in [-0.3, -0.25) is 4.90 Å². The minimum Gasteiger partial charge on any atom is -0.461 e. The van der Waals surface area contributed by atoms with Crippen molar-refractivity contribution in [1.29, 1.82) is 0 Å². The summed E-state index contributed by atoms with van der Waals surface area (Å²) in [6.07, 6.45) is 3.20. The fourth-order valence-electron chi connectivity index (χ4n) is 2.93. The molecule has 0 aliphatic heterocycles. The highest BCUT2D eigenvalue weighted by Gasteiger charge is 2.13. The second-order valence-electron chi connectivity index (χ2n) is 6.82. The Labute approximate surface area is 177 Å². The van der Waals surface area contributed by atoms with Crippen LogP contribution in [0.4, 0.5) is 10.2 Å². The second kappa shape index (κ2) is 8.14. The van der Waals surface area contributed by atoms with Gasteiger partial charge in [-0.05, 0) is 43.7 Å². The summed E-state index contributed by atoms with van der Waals surface area (Å²) >= 11 is 6.14. The molecule has 0 amide bonds. The number of hydrogen-bond acceptors (Lipinski definition) is 6. The lowest BCUT2D eigenvalue weighted by molar-refractivity contribution is 0.361. The second-order valence-corrected chi connectivity index (χ2v) is 7.23.